The molecule has 20 N–H and O–H groups in total. The topological polar surface area (TPSA) is 625 Å². The van der Waals surface area contributed by atoms with E-state index in [0.717, 1.165) is 23.5 Å². The molecule has 0 saturated carbocycles. The molecule has 3 aromatic rings. The summed E-state index contributed by atoms with van der Waals surface area (Å²) >= 11 is 1.96. The number of hydrogen-bond donors (Lipinski definition) is 20. The summed E-state index contributed by atoms with van der Waals surface area (Å²) in [5, 5.41) is 237. The predicted octanol–water partition coefficient (Wildman–Crippen LogP) is -9.54. The molecule has 0 bridgehead atoms. The number of ether oxygens (including phenoxy) is 10. The Balaban J connectivity index is 0.00000495. The predicted molar refractivity (Wildman–Crippen MR) is 315 cm³/mol. The van der Waals surface area contributed by atoms with Gasteiger partial charge in [0.25, 0.3) is 0 Å². The van der Waals surface area contributed by atoms with Gasteiger partial charge in [-0.2, -0.15) is 0 Å². The Kier molecular flexibility index (Phi) is 32.1. The van der Waals surface area contributed by atoms with Crippen LogP contribution in [-0.4, -0.2) is 337 Å². The number of nitrogens with zero attached hydrogens (tertiary/aromatic N) is 2. The van der Waals surface area contributed by atoms with E-state index in [1.54, 1.807) is 24.3 Å². The molecule has 36 nitrogen and oxygen atoms in total. The second-order valence-electron chi connectivity index (χ2n) is 23.0. The fraction of sp³-hybridized carbons (Fsp3) is 0.655. The molecule has 97 heavy (non-hydrogen) atoms. The van der Waals surface area contributed by atoms with Crippen molar-refractivity contribution in [3.63, 3.8) is 0 Å². The minimum atomic E-state index is -2.01. The molecule has 6 saturated heterocycles. The quantitative estimate of drug-likeness (QED) is 0.0370. The number of aliphatic hydroxyl groups excluding tert-OH is 20. The van der Waals surface area contributed by atoms with Gasteiger partial charge in [0.15, 0.2) is 25.2 Å². The summed E-state index contributed by atoms with van der Waals surface area (Å²) in [5.74, 6) is -0.707. The van der Waals surface area contributed by atoms with Crippen LogP contribution in [0.25, 0.3) is 0 Å². The summed E-state index contributed by atoms with van der Waals surface area (Å²) in [6, 6.07) is 15.2. The molecule has 0 radical (unpaired) electrons. The minimum Gasteiger partial charge on any atom is -2.00 e. The average Bonchev–Trinajstić information content (AvgIpc) is 0.786. The van der Waals surface area contributed by atoms with Crippen LogP contribution >= 0.6 is 23.5 Å². The van der Waals surface area contributed by atoms with Crippen molar-refractivity contribution >= 4 is 47.3 Å². The van der Waals surface area contributed by atoms with Gasteiger partial charge < -0.3 is 171 Å². The van der Waals surface area contributed by atoms with Crippen molar-refractivity contribution < 1.29 is 202 Å². The van der Waals surface area contributed by atoms with Crippen molar-refractivity contribution in [2.24, 2.45) is 9.98 Å². The van der Waals surface area contributed by atoms with E-state index in [1.807, 2.05) is 0 Å². The SMILES string of the molecule is [O-2].[O-2].[O-]c1ccc(CS[C@@H]2O[C@H](CO)[C@@H](O[C@H]3O[C@H](CO)[C@@H](O[C@H]4O[C@H](CO)[C@@H](O)[C@H](O)[C@H]4O)[C@H](O)[C@H]3O)[C@H](O)[C@H]2O)cc1C=Nc1ccccc1N=Cc1cc(CS[C@@H]2O[C@H](CO)[C@@H](O[C@H]3O[C@H](CO)[C@@H](O[C@H]4O[C@H](CO)[C@@H](O)[C@H](O)[C@H]4O)[C@H](O)[C@H]3O)[C@H](O)[C@H]2O)ccc1[O-].[U]. The number of hydrogen-bond acceptors (Lipinski definition) is 36. The molecular weight excluding hydrogens is 1570 g/mol. The Hall–Kier alpha value is -2.93. The van der Waals surface area contributed by atoms with Crippen molar-refractivity contribution in [1.29, 1.82) is 0 Å². The van der Waals surface area contributed by atoms with Crippen LogP contribution in [0.4, 0.5) is 11.4 Å². The van der Waals surface area contributed by atoms with Crippen LogP contribution in [0.5, 0.6) is 11.5 Å². The van der Waals surface area contributed by atoms with Gasteiger partial charge in [-0.3, -0.25) is 9.98 Å². The van der Waals surface area contributed by atoms with Gasteiger partial charge in [-0.25, -0.2) is 0 Å². The first-order valence-electron chi connectivity index (χ1n) is 29.7. The molecule has 6 fully saturated rings. The molecule has 6 heterocycles. The number of benzene rings is 3. The van der Waals surface area contributed by atoms with Crippen LogP contribution < -0.4 is 10.2 Å². The maximum absolute atomic E-state index is 13.1. The van der Waals surface area contributed by atoms with Crippen molar-refractivity contribution in [3.8, 4) is 11.5 Å². The van der Waals surface area contributed by atoms with Crippen molar-refractivity contribution in [1.82, 2.24) is 0 Å². The van der Waals surface area contributed by atoms with E-state index in [2.05, 4.69) is 9.98 Å². The molecule has 546 valence electrons. The molecular formula is C58H78N2O34S2U-6. The molecule has 0 aromatic heterocycles. The monoisotopic (exact) mass is 1650 g/mol. The molecule has 39 heteroatoms. The molecule has 0 amide bonds. The Labute approximate surface area is 584 Å². The zero-order valence-electron chi connectivity index (χ0n) is 50.8. The minimum absolute atomic E-state index is 0. The normalized spacial score (nSPS) is 40.2. The fourth-order valence-corrected chi connectivity index (χ4v) is 13.5. The summed E-state index contributed by atoms with van der Waals surface area (Å²) in [5.41, 5.74) is -0.542. The van der Waals surface area contributed by atoms with Crippen molar-refractivity contribution in [2.45, 2.75) is 194 Å². The molecule has 0 unspecified atom stereocenters. The molecule has 3 aromatic carbocycles. The second kappa shape index (κ2) is 37.5. The third-order valence-electron chi connectivity index (χ3n) is 16.7. The van der Waals surface area contributed by atoms with Crippen molar-refractivity contribution in [3.05, 3.63) is 82.9 Å². The van der Waals surface area contributed by atoms with Gasteiger partial charge in [0.05, 0.1) is 51.0 Å². The summed E-state index contributed by atoms with van der Waals surface area (Å²) in [4.78, 5) is 9.01. The average molecular weight is 1650 g/mol. The molecule has 0 aliphatic carbocycles. The first kappa shape index (κ1) is 83.0. The number of para-hydroxylation sites is 2. The van der Waals surface area contributed by atoms with Gasteiger partial charge in [-0.05, 0) is 46.5 Å². The molecule has 6 aliphatic heterocycles. The smallest absolute Gasteiger partial charge is 0.187 e. The van der Waals surface area contributed by atoms with E-state index < -0.39 is 234 Å². The van der Waals surface area contributed by atoms with Crippen LogP contribution in [-0.2, 0) is 69.8 Å². The summed E-state index contributed by atoms with van der Waals surface area (Å²) in [6.07, 6.45) is -45.9. The van der Waals surface area contributed by atoms with Gasteiger partial charge in [0.2, 0.25) is 0 Å². The second-order valence-corrected chi connectivity index (χ2v) is 25.2. The van der Waals surface area contributed by atoms with Crippen LogP contribution in [0, 0.1) is 31.1 Å². The maximum Gasteiger partial charge on any atom is 0.187 e. The van der Waals surface area contributed by atoms with Crippen LogP contribution in [0.15, 0.2) is 70.6 Å². The number of rotatable bonds is 24. The number of aliphatic hydroxyl groups is 20. The van der Waals surface area contributed by atoms with E-state index in [1.165, 1.54) is 48.8 Å². The number of aliphatic imine (C=N–C) groups is 2. The fourth-order valence-electron chi connectivity index (χ4n) is 11.3. The van der Waals surface area contributed by atoms with Gasteiger partial charge in [-0.15, -0.1) is 35.0 Å². The molecule has 9 rings (SSSR count). The van der Waals surface area contributed by atoms with Crippen LogP contribution in [0.1, 0.15) is 22.3 Å². The Morgan fingerprint density at radius 2 is 0.639 bits per heavy atom. The summed E-state index contributed by atoms with van der Waals surface area (Å²) in [6.45, 7) is -4.98. The first-order valence-corrected chi connectivity index (χ1v) is 31.8. The van der Waals surface area contributed by atoms with Gasteiger partial charge >= 0.3 is 0 Å². The van der Waals surface area contributed by atoms with Gasteiger partial charge in [0, 0.05) is 55.0 Å². The third kappa shape index (κ3) is 18.9. The third-order valence-corrected chi connectivity index (χ3v) is 19.1. The van der Waals surface area contributed by atoms with Gasteiger partial charge in [0.1, 0.15) is 157 Å². The molecule has 30 atom stereocenters. The van der Waals surface area contributed by atoms with E-state index in [9.17, 15) is 112 Å². The number of thioether (sulfide) groups is 2. The van der Waals surface area contributed by atoms with Crippen LogP contribution in [0.2, 0.25) is 0 Å². The standard InChI is InChI=1S/C58H80N2O32S2.2O.U/c61-13-29-35(69)37(71)43(77)53(83-29)89-49-31(15-63)85-55(45(79)39(49)73)91-51-33(17-65)87-57(47(81)41(51)75)93-19-21-5-7-27(67)23(9-21)11-59-25-3-1-2-4-26(25)60-12-24-10-22(6-8-28(24)68)20-94-58-48(82)42(76)52(34(18-66)88-58)92-56-46(80)40(74)50(32(16-64)86-56)90-54-44(78)38(72)36(70)30(14-62)84-54;;;/h1-12,29-58,61-82H,13-20H2;;;/q;2*-2;/p-2/t29-,30-,31-,32-,33-,34-,35-,36-,37+,38+,39-,40-,41-,42-,43-,44-,45-,46-,47-,48-,49-,50-,51-,52-,53-,54-,55-,56-,57+,58+;;;/m1.../s1. The zero-order chi connectivity index (χ0) is 68.0. The van der Waals surface area contributed by atoms with E-state index >= 15 is 0 Å². The molecule has 0 spiro atoms. The summed E-state index contributed by atoms with van der Waals surface area (Å²) < 4.78 is 56.5. The van der Waals surface area contributed by atoms with Crippen molar-refractivity contribution in [2.75, 3.05) is 39.6 Å². The summed E-state index contributed by atoms with van der Waals surface area (Å²) in [7, 11) is 0. The van der Waals surface area contributed by atoms with Gasteiger partial charge in [-0.1, -0.05) is 36.4 Å². The Morgan fingerprint density at radius 3 is 0.948 bits per heavy atom. The first-order chi connectivity index (χ1) is 44.9. The maximum atomic E-state index is 13.1. The van der Waals surface area contributed by atoms with Crippen LogP contribution in [0.3, 0.4) is 0 Å². The Morgan fingerprint density at radius 1 is 0.361 bits per heavy atom. The molecule has 6 aliphatic rings. The van der Waals surface area contributed by atoms with E-state index in [-0.39, 0.29) is 76.1 Å². The zero-order valence-corrected chi connectivity index (χ0v) is 56.6. The largest absolute Gasteiger partial charge is 2.00 e. The van der Waals surface area contributed by atoms with E-state index in [4.69, 9.17) is 47.4 Å². The van der Waals surface area contributed by atoms with E-state index in [0.29, 0.717) is 11.1 Å². The Bertz CT molecular complexity index is 2760.